The zero-order valence-corrected chi connectivity index (χ0v) is 13.0. The van der Waals surface area contributed by atoms with Crippen molar-refractivity contribution in [2.45, 2.75) is 20.6 Å². The summed E-state index contributed by atoms with van der Waals surface area (Å²) in [5.74, 6) is -1.85. The van der Waals surface area contributed by atoms with Crippen LogP contribution in [0.1, 0.15) is 11.4 Å². The zero-order valence-electron chi connectivity index (χ0n) is 13.0. The normalized spacial score (nSPS) is 10.7. The minimum Gasteiger partial charge on any atom is -0.468 e. The molecule has 0 unspecified atom stereocenters. The average molecular weight is 325 g/mol. The zero-order chi connectivity index (χ0) is 17.0. The van der Waals surface area contributed by atoms with Crippen molar-refractivity contribution >= 4 is 11.6 Å². The number of amides is 1. The van der Waals surface area contributed by atoms with E-state index < -0.39 is 11.6 Å². The van der Waals surface area contributed by atoms with Crippen LogP contribution in [-0.2, 0) is 16.3 Å². The van der Waals surface area contributed by atoms with Crippen molar-refractivity contribution in [2.75, 3.05) is 19.0 Å². The number of carbonyl (C=O) groups excluding carboxylic acids is 1. The van der Waals surface area contributed by atoms with Gasteiger partial charge in [0.15, 0.2) is 18.3 Å². The second-order valence-electron chi connectivity index (χ2n) is 4.87. The van der Waals surface area contributed by atoms with Gasteiger partial charge in [-0.1, -0.05) is 0 Å². The monoisotopic (exact) mass is 325 g/mol. The molecule has 0 spiro atoms. The van der Waals surface area contributed by atoms with Gasteiger partial charge in [0.05, 0.1) is 17.1 Å². The Labute approximate surface area is 132 Å². The van der Waals surface area contributed by atoms with Crippen LogP contribution >= 0.6 is 0 Å². The van der Waals surface area contributed by atoms with Crippen LogP contribution in [0.3, 0.4) is 0 Å². The predicted molar refractivity (Wildman–Crippen MR) is 79.2 cm³/mol. The first-order valence-corrected chi connectivity index (χ1v) is 6.83. The molecule has 0 bridgehead atoms. The molecular formula is C15H17F2N3O3. The smallest absolute Gasteiger partial charge is 0.250 e. The highest BCUT2D eigenvalue weighted by atomic mass is 19.1. The van der Waals surface area contributed by atoms with Gasteiger partial charge in [0.25, 0.3) is 0 Å². The Kier molecular flexibility index (Phi) is 5.28. The molecule has 1 aromatic heterocycles. The number of aromatic nitrogens is 2. The van der Waals surface area contributed by atoms with E-state index in [1.165, 1.54) is 17.9 Å². The van der Waals surface area contributed by atoms with E-state index >= 15 is 0 Å². The number of hydrogen-bond acceptors (Lipinski definition) is 4. The van der Waals surface area contributed by atoms with Gasteiger partial charge in [-0.25, -0.2) is 13.5 Å². The second kappa shape index (κ2) is 7.19. The quantitative estimate of drug-likeness (QED) is 0.886. The standard InChI is InChI=1S/C15H17F2N3O3/c1-9-15(18-14(21)7-22-3)10(2)20(19-9)8-23-13-5-4-11(16)6-12(13)17/h4-6H,7-8H2,1-3H3,(H,18,21). The van der Waals surface area contributed by atoms with Gasteiger partial charge in [-0.2, -0.15) is 5.10 Å². The van der Waals surface area contributed by atoms with Crippen LogP contribution in [0.4, 0.5) is 14.5 Å². The van der Waals surface area contributed by atoms with E-state index in [9.17, 15) is 13.6 Å². The van der Waals surface area contributed by atoms with Gasteiger partial charge < -0.3 is 14.8 Å². The van der Waals surface area contributed by atoms with Gasteiger partial charge in [0.2, 0.25) is 5.91 Å². The number of nitrogens with zero attached hydrogens (tertiary/aromatic N) is 2. The number of anilines is 1. The fourth-order valence-electron chi connectivity index (χ4n) is 2.03. The minimum atomic E-state index is -0.792. The first-order chi connectivity index (χ1) is 10.9. The summed E-state index contributed by atoms with van der Waals surface area (Å²) in [6.45, 7) is 3.33. The van der Waals surface area contributed by atoms with Crippen LogP contribution in [-0.4, -0.2) is 29.4 Å². The summed E-state index contributed by atoms with van der Waals surface area (Å²) in [5, 5.41) is 6.92. The average Bonchev–Trinajstić information content (AvgIpc) is 2.74. The summed E-state index contributed by atoms with van der Waals surface area (Å²) in [5.41, 5.74) is 1.79. The van der Waals surface area contributed by atoms with Gasteiger partial charge in [-0.3, -0.25) is 4.79 Å². The van der Waals surface area contributed by atoms with Crippen molar-refractivity contribution in [1.82, 2.24) is 9.78 Å². The van der Waals surface area contributed by atoms with E-state index in [0.717, 1.165) is 12.1 Å². The Morgan fingerprint density at radius 3 is 2.74 bits per heavy atom. The topological polar surface area (TPSA) is 65.4 Å². The van der Waals surface area contributed by atoms with E-state index in [4.69, 9.17) is 9.47 Å². The third-order valence-corrected chi connectivity index (χ3v) is 3.16. The summed E-state index contributed by atoms with van der Waals surface area (Å²) in [6.07, 6.45) is 0. The van der Waals surface area contributed by atoms with E-state index in [1.54, 1.807) is 13.8 Å². The molecule has 0 aliphatic heterocycles. The fraction of sp³-hybridized carbons (Fsp3) is 0.333. The summed E-state index contributed by atoms with van der Waals surface area (Å²) in [6, 6.07) is 3.06. The first-order valence-electron chi connectivity index (χ1n) is 6.83. The number of nitrogens with one attached hydrogen (secondary N) is 1. The summed E-state index contributed by atoms with van der Waals surface area (Å²) >= 11 is 0. The Morgan fingerprint density at radius 2 is 2.09 bits per heavy atom. The Hall–Kier alpha value is -2.48. The highest BCUT2D eigenvalue weighted by Crippen LogP contribution is 2.21. The number of methoxy groups -OCH3 is 1. The van der Waals surface area contributed by atoms with Gasteiger partial charge in [0, 0.05) is 13.2 Å². The van der Waals surface area contributed by atoms with E-state index in [1.807, 2.05) is 0 Å². The fourth-order valence-corrected chi connectivity index (χ4v) is 2.03. The molecule has 0 atom stereocenters. The lowest BCUT2D eigenvalue weighted by molar-refractivity contribution is -0.119. The maximum Gasteiger partial charge on any atom is 0.250 e. The molecule has 6 nitrogen and oxygen atoms in total. The SMILES string of the molecule is COCC(=O)Nc1c(C)nn(COc2ccc(F)cc2F)c1C. The number of rotatable bonds is 6. The van der Waals surface area contributed by atoms with Crippen LogP contribution < -0.4 is 10.1 Å². The highest BCUT2D eigenvalue weighted by Gasteiger charge is 2.15. The number of ether oxygens (including phenoxy) is 2. The largest absolute Gasteiger partial charge is 0.468 e. The molecule has 2 aromatic rings. The molecular weight excluding hydrogens is 308 g/mol. The molecule has 0 aliphatic rings. The van der Waals surface area contributed by atoms with Crippen LogP contribution in [0.2, 0.25) is 0 Å². The van der Waals surface area contributed by atoms with E-state index in [-0.39, 0.29) is 25.0 Å². The van der Waals surface area contributed by atoms with Crippen LogP contribution in [0, 0.1) is 25.5 Å². The van der Waals surface area contributed by atoms with E-state index in [2.05, 4.69) is 10.4 Å². The highest BCUT2D eigenvalue weighted by molar-refractivity contribution is 5.92. The molecule has 1 heterocycles. The van der Waals surface area contributed by atoms with Crippen LogP contribution in [0.25, 0.3) is 0 Å². The van der Waals surface area contributed by atoms with Gasteiger partial charge >= 0.3 is 0 Å². The van der Waals surface area contributed by atoms with Crippen molar-refractivity contribution in [3.05, 3.63) is 41.2 Å². The van der Waals surface area contributed by atoms with Crippen molar-refractivity contribution in [1.29, 1.82) is 0 Å². The molecule has 124 valence electrons. The maximum atomic E-state index is 13.5. The maximum absolute atomic E-state index is 13.5. The molecule has 8 heteroatoms. The van der Waals surface area contributed by atoms with Crippen molar-refractivity contribution < 1.29 is 23.0 Å². The molecule has 1 aromatic carbocycles. The van der Waals surface area contributed by atoms with Crippen molar-refractivity contribution in [3.8, 4) is 5.75 Å². The molecule has 0 fully saturated rings. The van der Waals surface area contributed by atoms with Crippen molar-refractivity contribution in [2.24, 2.45) is 0 Å². The van der Waals surface area contributed by atoms with Gasteiger partial charge in [0.1, 0.15) is 12.4 Å². The van der Waals surface area contributed by atoms with E-state index in [0.29, 0.717) is 17.1 Å². The number of carbonyl (C=O) groups is 1. The predicted octanol–water partition coefficient (Wildman–Crippen LogP) is 2.40. The minimum absolute atomic E-state index is 0.0681. The van der Waals surface area contributed by atoms with Gasteiger partial charge in [-0.15, -0.1) is 0 Å². The molecule has 0 aliphatic carbocycles. The van der Waals surface area contributed by atoms with Crippen molar-refractivity contribution in [3.63, 3.8) is 0 Å². The Bertz CT molecular complexity index is 716. The third-order valence-electron chi connectivity index (χ3n) is 3.16. The summed E-state index contributed by atoms with van der Waals surface area (Å²) in [4.78, 5) is 11.6. The molecule has 0 radical (unpaired) electrons. The number of aryl methyl sites for hydroxylation is 1. The number of halogens is 2. The lowest BCUT2D eigenvalue weighted by Gasteiger charge is -2.09. The number of benzene rings is 1. The summed E-state index contributed by atoms with van der Waals surface area (Å²) in [7, 11) is 1.42. The van der Waals surface area contributed by atoms with Crippen LogP contribution in [0.5, 0.6) is 5.75 Å². The summed E-state index contributed by atoms with van der Waals surface area (Å²) < 4.78 is 37.9. The second-order valence-corrected chi connectivity index (χ2v) is 4.87. The molecule has 2 rings (SSSR count). The molecule has 0 saturated heterocycles. The van der Waals surface area contributed by atoms with Crippen LogP contribution in [0.15, 0.2) is 18.2 Å². The van der Waals surface area contributed by atoms with Gasteiger partial charge in [-0.05, 0) is 26.0 Å². The Morgan fingerprint density at radius 1 is 1.35 bits per heavy atom. The first kappa shape index (κ1) is 16.9. The molecule has 1 amide bonds. The molecule has 0 saturated carbocycles. The number of hydrogen-bond donors (Lipinski definition) is 1. The molecule has 1 N–H and O–H groups in total. The Balaban J connectivity index is 2.10. The lowest BCUT2D eigenvalue weighted by atomic mass is 10.3. The molecule has 23 heavy (non-hydrogen) atoms. The third kappa shape index (κ3) is 4.04. The lowest BCUT2D eigenvalue weighted by Crippen LogP contribution is -2.18.